The molecule has 1 aromatic rings. The summed E-state index contributed by atoms with van der Waals surface area (Å²) < 4.78 is 31.8. The normalized spacial score (nSPS) is 12.5. The number of carbonyl (C=O) groups excluding carboxylic acids is 2. The van der Waals surface area contributed by atoms with Crippen LogP contribution in [0.2, 0.25) is 0 Å². The number of sulfonamides is 1. The van der Waals surface area contributed by atoms with Crippen LogP contribution in [-0.2, 0) is 24.3 Å². The zero-order valence-corrected chi connectivity index (χ0v) is 15.2. The molecule has 0 heterocycles. The molecule has 134 valence electrons. The lowest BCUT2D eigenvalue weighted by atomic mass is 10.2. The van der Waals surface area contributed by atoms with Crippen LogP contribution in [0.1, 0.15) is 31.4 Å². The number of hydrogen-bond donors (Lipinski definition) is 2. The predicted octanol–water partition coefficient (Wildman–Crippen LogP) is 1.04. The van der Waals surface area contributed by atoms with Crippen LogP contribution >= 0.6 is 0 Å². The molecule has 0 saturated carbocycles. The second kappa shape index (κ2) is 8.79. The first-order valence-corrected chi connectivity index (χ1v) is 9.19. The molecule has 1 amide bonds. The lowest BCUT2D eigenvalue weighted by Gasteiger charge is -2.13. The number of likely N-dealkylation sites (N-methyl/N-ethyl adjacent to an activating group) is 1. The standard InChI is InChI=1S/C16H24N2O5S/c1-5-17-16(20)13(4)23-15(19)8-9-18-24(21,22)14-7-6-11(2)10-12(14)3/h6-7,10,13,18H,5,8-9H2,1-4H3,(H,17,20)/t13-/m0/s1. The maximum Gasteiger partial charge on any atom is 0.307 e. The number of ether oxygens (including phenoxy) is 1. The molecule has 0 aromatic heterocycles. The number of benzene rings is 1. The van der Waals surface area contributed by atoms with Crippen molar-refractivity contribution in [2.75, 3.05) is 13.1 Å². The minimum absolute atomic E-state index is 0.101. The highest BCUT2D eigenvalue weighted by atomic mass is 32.2. The fourth-order valence-corrected chi connectivity index (χ4v) is 3.35. The molecule has 1 aromatic carbocycles. The molecule has 1 atom stereocenters. The molecule has 0 saturated heterocycles. The molecule has 2 N–H and O–H groups in total. The Labute approximate surface area is 142 Å². The number of rotatable bonds is 8. The van der Waals surface area contributed by atoms with Crippen LogP contribution in [0.3, 0.4) is 0 Å². The molecule has 0 unspecified atom stereocenters. The number of amides is 1. The Kier molecular flexibility index (Phi) is 7.37. The number of carbonyl (C=O) groups is 2. The van der Waals surface area contributed by atoms with Crippen molar-refractivity contribution in [1.29, 1.82) is 0 Å². The van der Waals surface area contributed by atoms with Gasteiger partial charge in [0.15, 0.2) is 6.10 Å². The van der Waals surface area contributed by atoms with Gasteiger partial charge in [0.05, 0.1) is 11.3 Å². The van der Waals surface area contributed by atoms with Gasteiger partial charge in [-0.15, -0.1) is 0 Å². The van der Waals surface area contributed by atoms with E-state index in [9.17, 15) is 18.0 Å². The Morgan fingerprint density at radius 1 is 1.25 bits per heavy atom. The van der Waals surface area contributed by atoms with Gasteiger partial charge in [0, 0.05) is 13.1 Å². The highest BCUT2D eigenvalue weighted by Gasteiger charge is 2.19. The summed E-state index contributed by atoms with van der Waals surface area (Å²) in [5, 5.41) is 2.54. The maximum absolute atomic E-state index is 12.2. The van der Waals surface area contributed by atoms with Crippen molar-refractivity contribution in [2.24, 2.45) is 0 Å². The first kappa shape index (κ1) is 20.1. The van der Waals surface area contributed by atoms with Crippen LogP contribution in [0.15, 0.2) is 23.1 Å². The van der Waals surface area contributed by atoms with Crippen LogP contribution in [0.25, 0.3) is 0 Å². The summed E-state index contributed by atoms with van der Waals surface area (Å²) in [6.45, 7) is 7.15. The van der Waals surface area contributed by atoms with E-state index < -0.39 is 22.1 Å². The third kappa shape index (κ3) is 5.93. The molecule has 0 bridgehead atoms. The van der Waals surface area contributed by atoms with E-state index in [2.05, 4.69) is 10.0 Å². The highest BCUT2D eigenvalue weighted by Crippen LogP contribution is 2.16. The largest absolute Gasteiger partial charge is 0.453 e. The Morgan fingerprint density at radius 2 is 1.92 bits per heavy atom. The van der Waals surface area contributed by atoms with E-state index in [1.165, 1.54) is 13.0 Å². The van der Waals surface area contributed by atoms with Gasteiger partial charge in [-0.05, 0) is 39.3 Å². The number of esters is 1. The molecule has 24 heavy (non-hydrogen) atoms. The summed E-state index contributed by atoms with van der Waals surface area (Å²) in [4.78, 5) is 23.3. The van der Waals surface area contributed by atoms with Gasteiger partial charge in [-0.3, -0.25) is 9.59 Å². The number of aryl methyl sites for hydroxylation is 2. The summed E-state index contributed by atoms with van der Waals surface area (Å²) in [7, 11) is -3.69. The minimum atomic E-state index is -3.69. The van der Waals surface area contributed by atoms with Gasteiger partial charge in [0.2, 0.25) is 10.0 Å². The van der Waals surface area contributed by atoms with Crippen molar-refractivity contribution in [1.82, 2.24) is 10.0 Å². The van der Waals surface area contributed by atoms with Crippen molar-refractivity contribution in [3.8, 4) is 0 Å². The molecule has 8 heteroatoms. The average Bonchev–Trinajstić information content (AvgIpc) is 2.46. The van der Waals surface area contributed by atoms with E-state index in [0.29, 0.717) is 12.1 Å². The van der Waals surface area contributed by atoms with Gasteiger partial charge in [0.1, 0.15) is 0 Å². The van der Waals surface area contributed by atoms with Crippen LogP contribution in [0.5, 0.6) is 0 Å². The zero-order valence-electron chi connectivity index (χ0n) is 14.4. The monoisotopic (exact) mass is 356 g/mol. The zero-order chi connectivity index (χ0) is 18.3. The summed E-state index contributed by atoms with van der Waals surface area (Å²) in [6, 6.07) is 5.02. The molecule has 0 fully saturated rings. The van der Waals surface area contributed by atoms with E-state index in [1.54, 1.807) is 26.0 Å². The Bertz CT molecular complexity index is 700. The summed E-state index contributed by atoms with van der Waals surface area (Å²) >= 11 is 0. The molecule has 1 rings (SSSR count). The first-order valence-electron chi connectivity index (χ1n) is 7.71. The molecule has 0 spiro atoms. The van der Waals surface area contributed by atoms with Gasteiger partial charge in [-0.25, -0.2) is 13.1 Å². The smallest absolute Gasteiger partial charge is 0.307 e. The third-order valence-electron chi connectivity index (χ3n) is 3.27. The van der Waals surface area contributed by atoms with E-state index in [0.717, 1.165) is 5.56 Å². The van der Waals surface area contributed by atoms with Crippen molar-refractivity contribution < 1.29 is 22.7 Å². The van der Waals surface area contributed by atoms with Gasteiger partial charge < -0.3 is 10.1 Å². The van der Waals surface area contributed by atoms with E-state index >= 15 is 0 Å². The number of nitrogens with one attached hydrogen (secondary N) is 2. The SMILES string of the molecule is CCNC(=O)[C@H](C)OC(=O)CCNS(=O)(=O)c1ccc(C)cc1C. The first-order chi connectivity index (χ1) is 11.2. The van der Waals surface area contributed by atoms with E-state index in [4.69, 9.17) is 4.74 Å². The highest BCUT2D eigenvalue weighted by molar-refractivity contribution is 7.89. The lowest BCUT2D eigenvalue weighted by Crippen LogP contribution is -2.36. The summed E-state index contributed by atoms with van der Waals surface area (Å²) in [5.74, 6) is -1.03. The van der Waals surface area contributed by atoms with Gasteiger partial charge in [-0.2, -0.15) is 0 Å². The quantitative estimate of drug-likeness (QED) is 0.678. The topological polar surface area (TPSA) is 102 Å². The average molecular weight is 356 g/mol. The Morgan fingerprint density at radius 3 is 2.50 bits per heavy atom. The molecule has 7 nitrogen and oxygen atoms in total. The van der Waals surface area contributed by atoms with E-state index in [-0.39, 0.29) is 23.8 Å². The maximum atomic E-state index is 12.2. The summed E-state index contributed by atoms with van der Waals surface area (Å²) in [5.41, 5.74) is 1.60. The molecule has 0 aliphatic carbocycles. The van der Waals surface area contributed by atoms with Crippen LogP contribution in [0, 0.1) is 13.8 Å². The molecular weight excluding hydrogens is 332 g/mol. The minimum Gasteiger partial charge on any atom is -0.453 e. The van der Waals surface area contributed by atoms with Gasteiger partial charge in [0.25, 0.3) is 5.91 Å². The third-order valence-corrected chi connectivity index (χ3v) is 4.89. The molecule has 0 aliphatic heterocycles. The van der Waals surface area contributed by atoms with Crippen LogP contribution < -0.4 is 10.0 Å². The molecule has 0 radical (unpaired) electrons. The molecular formula is C16H24N2O5S. The van der Waals surface area contributed by atoms with Crippen LogP contribution in [0.4, 0.5) is 0 Å². The van der Waals surface area contributed by atoms with Crippen molar-refractivity contribution in [2.45, 2.75) is 45.1 Å². The fourth-order valence-electron chi connectivity index (χ4n) is 2.09. The predicted molar refractivity (Wildman–Crippen MR) is 90.0 cm³/mol. The summed E-state index contributed by atoms with van der Waals surface area (Å²) in [6.07, 6.45) is -1.07. The fraction of sp³-hybridized carbons (Fsp3) is 0.500. The lowest BCUT2D eigenvalue weighted by molar-refractivity contribution is -0.154. The Hall–Kier alpha value is -1.93. The van der Waals surface area contributed by atoms with E-state index in [1.807, 2.05) is 6.92 Å². The van der Waals surface area contributed by atoms with Crippen LogP contribution in [-0.4, -0.2) is 39.5 Å². The van der Waals surface area contributed by atoms with Crippen molar-refractivity contribution >= 4 is 21.9 Å². The second-order valence-electron chi connectivity index (χ2n) is 5.44. The number of hydrogen-bond acceptors (Lipinski definition) is 5. The van der Waals surface area contributed by atoms with Gasteiger partial charge >= 0.3 is 5.97 Å². The second-order valence-corrected chi connectivity index (χ2v) is 7.18. The van der Waals surface area contributed by atoms with Gasteiger partial charge in [-0.1, -0.05) is 17.7 Å². The van der Waals surface area contributed by atoms with Crippen molar-refractivity contribution in [3.63, 3.8) is 0 Å². The Balaban J connectivity index is 2.54. The van der Waals surface area contributed by atoms with Crippen molar-refractivity contribution in [3.05, 3.63) is 29.3 Å². The molecule has 0 aliphatic rings.